The highest BCUT2D eigenvalue weighted by atomic mass is 16.7. The van der Waals surface area contributed by atoms with Gasteiger partial charge in [0.1, 0.15) is 5.75 Å². The van der Waals surface area contributed by atoms with Crippen LogP contribution in [0.1, 0.15) is 58.1 Å². The van der Waals surface area contributed by atoms with Gasteiger partial charge in [-0.2, -0.15) is 0 Å². The van der Waals surface area contributed by atoms with Crippen LogP contribution < -0.4 is 4.74 Å². The molecule has 0 heterocycles. The Labute approximate surface area is 123 Å². The fourth-order valence-corrected chi connectivity index (χ4v) is 2.12. The number of rotatable bonds is 7. The summed E-state index contributed by atoms with van der Waals surface area (Å²) in [5.41, 5.74) is 2.43. The molecule has 1 unspecified atom stereocenters. The van der Waals surface area contributed by atoms with Crippen molar-refractivity contribution >= 4 is 0 Å². The molecule has 1 aromatic rings. The van der Waals surface area contributed by atoms with Crippen molar-refractivity contribution in [2.24, 2.45) is 5.92 Å². The van der Waals surface area contributed by atoms with Gasteiger partial charge in [0.25, 0.3) is 0 Å². The molecule has 0 aromatic heterocycles. The van der Waals surface area contributed by atoms with Crippen molar-refractivity contribution in [1.82, 2.24) is 0 Å². The van der Waals surface area contributed by atoms with E-state index in [1.54, 1.807) is 0 Å². The number of hydrogen-bond acceptors (Lipinski definition) is 2. The molecule has 0 aliphatic carbocycles. The van der Waals surface area contributed by atoms with Crippen molar-refractivity contribution in [2.45, 2.75) is 53.9 Å². The predicted molar refractivity (Wildman–Crippen MR) is 85.1 cm³/mol. The molecule has 20 heavy (non-hydrogen) atoms. The van der Waals surface area contributed by atoms with Gasteiger partial charge >= 0.3 is 0 Å². The Morgan fingerprint density at radius 3 is 2.50 bits per heavy atom. The Balaban J connectivity index is 2.68. The monoisotopic (exact) mass is 276 g/mol. The van der Waals surface area contributed by atoms with E-state index in [4.69, 9.17) is 9.47 Å². The van der Waals surface area contributed by atoms with Gasteiger partial charge in [-0.05, 0) is 49.5 Å². The van der Waals surface area contributed by atoms with E-state index in [1.807, 2.05) is 13.0 Å². The molecule has 0 spiro atoms. The lowest BCUT2D eigenvalue weighted by Gasteiger charge is -2.18. The van der Waals surface area contributed by atoms with Crippen LogP contribution in [-0.2, 0) is 4.74 Å². The van der Waals surface area contributed by atoms with Gasteiger partial charge in [-0.1, -0.05) is 39.8 Å². The highest BCUT2D eigenvalue weighted by molar-refractivity contribution is 5.39. The average molecular weight is 276 g/mol. The van der Waals surface area contributed by atoms with Crippen LogP contribution >= 0.6 is 0 Å². The minimum atomic E-state index is 0.271. The van der Waals surface area contributed by atoms with E-state index < -0.39 is 0 Å². The van der Waals surface area contributed by atoms with Gasteiger partial charge in [-0.15, -0.1) is 0 Å². The van der Waals surface area contributed by atoms with Crippen LogP contribution in [0, 0.1) is 12.8 Å². The average Bonchev–Trinajstić information content (AvgIpc) is 2.42. The summed E-state index contributed by atoms with van der Waals surface area (Å²) in [6.45, 7) is 13.0. The van der Waals surface area contributed by atoms with E-state index >= 15 is 0 Å². The molecule has 1 rings (SSSR count). The van der Waals surface area contributed by atoms with Gasteiger partial charge in [0.2, 0.25) is 6.79 Å². The molecule has 0 bridgehead atoms. The van der Waals surface area contributed by atoms with E-state index in [-0.39, 0.29) is 6.79 Å². The van der Waals surface area contributed by atoms with Crippen molar-refractivity contribution in [1.29, 1.82) is 0 Å². The standard InChI is InChI=1S/C18H28O2/c1-7-15(6)17(8-2)19-12-20-18-11-14(5)9-10-16(18)13(3)4/h8-11,13,15H,7,12H2,1-6H3/b17-8-. The van der Waals surface area contributed by atoms with Crippen LogP contribution in [0.5, 0.6) is 5.75 Å². The topological polar surface area (TPSA) is 18.5 Å². The van der Waals surface area contributed by atoms with Gasteiger partial charge < -0.3 is 9.47 Å². The first-order chi connectivity index (χ1) is 9.49. The Kier molecular flexibility index (Phi) is 6.63. The van der Waals surface area contributed by atoms with Crippen molar-refractivity contribution < 1.29 is 9.47 Å². The Morgan fingerprint density at radius 2 is 1.95 bits per heavy atom. The lowest BCUT2D eigenvalue weighted by Crippen LogP contribution is -2.09. The first kappa shape index (κ1) is 16.6. The van der Waals surface area contributed by atoms with Gasteiger partial charge in [0.05, 0.1) is 5.76 Å². The molecule has 0 amide bonds. The Bertz CT molecular complexity index is 447. The lowest BCUT2D eigenvalue weighted by molar-refractivity contribution is 0.0459. The maximum atomic E-state index is 5.84. The quantitative estimate of drug-likeness (QED) is 0.489. The highest BCUT2D eigenvalue weighted by Crippen LogP contribution is 2.27. The molecule has 2 nitrogen and oxygen atoms in total. The van der Waals surface area contributed by atoms with Gasteiger partial charge in [-0.25, -0.2) is 0 Å². The van der Waals surface area contributed by atoms with Crippen LogP contribution in [0.15, 0.2) is 30.0 Å². The summed E-state index contributed by atoms with van der Waals surface area (Å²) >= 11 is 0. The number of aryl methyl sites for hydroxylation is 1. The molecular formula is C18H28O2. The maximum absolute atomic E-state index is 5.84. The summed E-state index contributed by atoms with van der Waals surface area (Å²) in [5.74, 6) is 2.82. The molecular weight excluding hydrogens is 248 g/mol. The largest absolute Gasteiger partial charge is 0.462 e. The fourth-order valence-electron chi connectivity index (χ4n) is 2.12. The normalized spacial score (nSPS) is 13.4. The SMILES string of the molecule is C/C=C(\OCOc1cc(C)ccc1C(C)C)C(C)CC. The van der Waals surface area contributed by atoms with Crippen molar-refractivity contribution in [3.63, 3.8) is 0 Å². The predicted octanol–water partition coefficient (Wildman–Crippen LogP) is 5.42. The van der Waals surface area contributed by atoms with Gasteiger partial charge in [-0.3, -0.25) is 0 Å². The molecule has 0 radical (unpaired) electrons. The van der Waals surface area contributed by atoms with Crippen molar-refractivity contribution in [2.75, 3.05) is 6.79 Å². The molecule has 112 valence electrons. The minimum Gasteiger partial charge on any atom is -0.462 e. The number of hydrogen-bond donors (Lipinski definition) is 0. The third kappa shape index (κ3) is 4.59. The van der Waals surface area contributed by atoms with Crippen molar-refractivity contribution in [3.05, 3.63) is 41.2 Å². The second kappa shape index (κ2) is 7.98. The summed E-state index contributed by atoms with van der Waals surface area (Å²) in [6.07, 6.45) is 3.10. The first-order valence-corrected chi connectivity index (χ1v) is 7.51. The Morgan fingerprint density at radius 1 is 1.25 bits per heavy atom. The maximum Gasteiger partial charge on any atom is 0.230 e. The summed E-state index contributed by atoms with van der Waals surface area (Å²) < 4.78 is 11.6. The van der Waals surface area contributed by atoms with E-state index in [0.29, 0.717) is 11.8 Å². The molecule has 1 atom stereocenters. The molecule has 0 fully saturated rings. The van der Waals surface area contributed by atoms with Crippen LogP contribution in [0.2, 0.25) is 0 Å². The summed E-state index contributed by atoms with van der Waals surface area (Å²) in [7, 11) is 0. The first-order valence-electron chi connectivity index (χ1n) is 7.51. The summed E-state index contributed by atoms with van der Waals surface area (Å²) in [5, 5.41) is 0. The zero-order valence-electron chi connectivity index (χ0n) is 13.7. The van der Waals surface area contributed by atoms with Crippen LogP contribution in [0.4, 0.5) is 0 Å². The zero-order chi connectivity index (χ0) is 15.1. The van der Waals surface area contributed by atoms with Gasteiger partial charge in [0.15, 0.2) is 0 Å². The minimum absolute atomic E-state index is 0.271. The van der Waals surface area contributed by atoms with E-state index in [2.05, 4.69) is 52.8 Å². The zero-order valence-corrected chi connectivity index (χ0v) is 13.7. The Hall–Kier alpha value is -1.44. The van der Waals surface area contributed by atoms with E-state index in [0.717, 1.165) is 17.9 Å². The molecule has 0 saturated carbocycles. The van der Waals surface area contributed by atoms with Crippen LogP contribution in [-0.4, -0.2) is 6.79 Å². The molecule has 1 aromatic carbocycles. The highest BCUT2D eigenvalue weighted by Gasteiger charge is 2.10. The third-order valence-corrected chi connectivity index (χ3v) is 3.61. The number of allylic oxidation sites excluding steroid dienone is 2. The molecule has 0 saturated heterocycles. The molecule has 0 N–H and O–H groups in total. The number of benzene rings is 1. The van der Waals surface area contributed by atoms with Crippen LogP contribution in [0.3, 0.4) is 0 Å². The van der Waals surface area contributed by atoms with E-state index in [9.17, 15) is 0 Å². The lowest BCUT2D eigenvalue weighted by atomic mass is 10.0. The van der Waals surface area contributed by atoms with Gasteiger partial charge in [0, 0.05) is 5.92 Å². The smallest absolute Gasteiger partial charge is 0.230 e. The molecule has 0 aliphatic heterocycles. The van der Waals surface area contributed by atoms with Crippen LogP contribution in [0.25, 0.3) is 0 Å². The molecule has 2 heteroatoms. The molecule has 0 aliphatic rings. The van der Waals surface area contributed by atoms with E-state index in [1.165, 1.54) is 11.1 Å². The van der Waals surface area contributed by atoms with Crippen molar-refractivity contribution in [3.8, 4) is 5.75 Å². The number of ether oxygens (including phenoxy) is 2. The summed E-state index contributed by atoms with van der Waals surface area (Å²) in [4.78, 5) is 0. The fraction of sp³-hybridized carbons (Fsp3) is 0.556. The third-order valence-electron chi connectivity index (χ3n) is 3.61. The second-order valence-corrected chi connectivity index (χ2v) is 5.60. The summed E-state index contributed by atoms with van der Waals surface area (Å²) in [6, 6.07) is 6.34. The second-order valence-electron chi connectivity index (χ2n) is 5.60.